The maximum absolute atomic E-state index is 12.9. The van der Waals surface area contributed by atoms with Crippen molar-refractivity contribution in [3.05, 3.63) is 28.9 Å². The summed E-state index contributed by atoms with van der Waals surface area (Å²) in [4.78, 5) is 12.4. The zero-order valence-electron chi connectivity index (χ0n) is 14.8. The first-order chi connectivity index (χ1) is 12.4. The molecule has 0 spiro atoms. The second kappa shape index (κ2) is 8.01. The van der Waals surface area contributed by atoms with Gasteiger partial charge < -0.3 is 9.30 Å². The molecule has 0 N–H and O–H groups in total. The number of hydrogen-bond donors (Lipinski definition) is 0. The molecule has 1 unspecified atom stereocenters. The van der Waals surface area contributed by atoms with Crippen LogP contribution in [-0.2, 0) is 16.6 Å². The molecule has 142 valence electrons. The van der Waals surface area contributed by atoms with E-state index in [4.69, 9.17) is 4.74 Å². The summed E-state index contributed by atoms with van der Waals surface area (Å²) in [5.41, 5.74) is 0. The van der Waals surface area contributed by atoms with E-state index >= 15 is 0 Å². The van der Waals surface area contributed by atoms with Gasteiger partial charge in [0, 0.05) is 44.1 Å². The van der Waals surface area contributed by atoms with Crippen molar-refractivity contribution >= 4 is 26.0 Å². The lowest BCUT2D eigenvalue weighted by molar-refractivity contribution is 0.171. The van der Waals surface area contributed by atoms with Crippen molar-refractivity contribution in [1.82, 2.24) is 23.8 Å². The summed E-state index contributed by atoms with van der Waals surface area (Å²) in [6.07, 6.45) is 6.55. The van der Waals surface area contributed by atoms with E-state index in [1.165, 1.54) is 4.31 Å². The molecule has 1 atom stereocenters. The Morgan fingerprint density at radius 3 is 2.73 bits per heavy atom. The Bertz CT molecular complexity index is 853. The SMILES string of the molecule is CCn1cc(S(=O)(=O)N2CCCC(COc3ncc(Br)cn3)C2)nc1C. The van der Waals surface area contributed by atoms with E-state index in [2.05, 4.69) is 30.9 Å². The first-order valence-corrected chi connectivity index (χ1v) is 10.8. The van der Waals surface area contributed by atoms with E-state index in [0.29, 0.717) is 38.1 Å². The van der Waals surface area contributed by atoms with Crippen molar-refractivity contribution in [3.8, 4) is 6.01 Å². The molecule has 0 bridgehead atoms. The van der Waals surface area contributed by atoms with E-state index < -0.39 is 10.0 Å². The average Bonchev–Trinajstić information content (AvgIpc) is 3.03. The number of hydrogen-bond acceptors (Lipinski definition) is 6. The molecule has 3 rings (SSSR count). The van der Waals surface area contributed by atoms with Gasteiger partial charge in [0.25, 0.3) is 10.0 Å². The topological polar surface area (TPSA) is 90.2 Å². The Morgan fingerprint density at radius 1 is 1.35 bits per heavy atom. The van der Waals surface area contributed by atoms with E-state index in [9.17, 15) is 8.42 Å². The number of aryl methyl sites for hydroxylation is 2. The van der Waals surface area contributed by atoms with E-state index in [1.54, 1.807) is 18.6 Å². The highest BCUT2D eigenvalue weighted by Crippen LogP contribution is 2.24. The predicted molar refractivity (Wildman–Crippen MR) is 99.3 cm³/mol. The molecule has 3 heterocycles. The minimum absolute atomic E-state index is 0.0973. The molecular weight excluding hydrogens is 422 g/mol. The van der Waals surface area contributed by atoms with Crippen LogP contribution in [0, 0.1) is 12.8 Å². The van der Waals surface area contributed by atoms with E-state index in [0.717, 1.165) is 17.3 Å². The number of imidazole rings is 1. The smallest absolute Gasteiger partial charge is 0.316 e. The summed E-state index contributed by atoms with van der Waals surface area (Å²) in [5.74, 6) is 0.801. The monoisotopic (exact) mass is 443 g/mol. The number of halogens is 1. The van der Waals surface area contributed by atoms with Gasteiger partial charge in [0.05, 0.1) is 11.1 Å². The minimum atomic E-state index is -3.59. The van der Waals surface area contributed by atoms with Crippen LogP contribution < -0.4 is 4.74 Å². The average molecular weight is 444 g/mol. The molecule has 1 saturated heterocycles. The lowest BCUT2D eigenvalue weighted by Gasteiger charge is -2.30. The summed E-state index contributed by atoms with van der Waals surface area (Å²) in [6.45, 7) is 5.77. The molecular formula is C16H22BrN5O3S. The van der Waals surface area contributed by atoms with Crippen LogP contribution >= 0.6 is 15.9 Å². The molecule has 1 fully saturated rings. The van der Waals surface area contributed by atoms with Crippen molar-refractivity contribution in [3.63, 3.8) is 0 Å². The van der Waals surface area contributed by atoms with Gasteiger partial charge in [-0.15, -0.1) is 0 Å². The van der Waals surface area contributed by atoms with Crippen molar-refractivity contribution in [2.75, 3.05) is 19.7 Å². The summed E-state index contributed by atoms with van der Waals surface area (Å²) in [7, 11) is -3.59. The second-order valence-corrected chi connectivity index (χ2v) is 9.08. The van der Waals surface area contributed by atoms with Crippen molar-refractivity contribution < 1.29 is 13.2 Å². The largest absolute Gasteiger partial charge is 0.463 e. The molecule has 1 aliphatic heterocycles. The van der Waals surface area contributed by atoms with Gasteiger partial charge in [-0.05, 0) is 42.6 Å². The number of rotatable bonds is 6. The number of nitrogens with zero attached hydrogens (tertiary/aromatic N) is 5. The molecule has 0 aromatic carbocycles. The Labute approximate surface area is 161 Å². The third kappa shape index (κ3) is 4.24. The minimum Gasteiger partial charge on any atom is -0.463 e. The van der Waals surface area contributed by atoms with Crippen LogP contribution in [0.1, 0.15) is 25.6 Å². The highest BCUT2D eigenvalue weighted by atomic mass is 79.9. The fourth-order valence-electron chi connectivity index (χ4n) is 3.00. The second-order valence-electron chi connectivity index (χ2n) is 6.28. The first kappa shape index (κ1) is 19.2. The molecule has 8 nitrogen and oxygen atoms in total. The molecule has 1 aliphatic rings. The first-order valence-electron chi connectivity index (χ1n) is 8.54. The van der Waals surface area contributed by atoms with Gasteiger partial charge in [0.15, 0.2) is 5.03 Å². The van der Waals surface area contributed by atoms with E-state index in [-0.39, 0.29) is 10.9 Å². The van der Waals surface area contributed by atoms with Gasteiger partial charge in [-0.25, -0.2) is 23.4 Å². The molecule has 26 heavy (non-hydrogen) atoms. The third-order valence-electron chi connectivity index (χ3n) is 4.43. The number of aromatic nitrogens is 4. The normalized spacial score (nSPS) is 18.8. The molecule has 0 aliphatic carbocycles. The summed E-state index contributed by atoms with van der Waals surface area (Å²) < 4.78 is 35.6. The standard InChI is InChI=1S/C16H22BrN5O3S/c1-3-21-10-15(20-12(21)2)26(23,24)22-6-4-5-13(9-22)11-25-16-18-7-14(17)8-19-16/h7-8,10,13H,3-6,9,11H2,1-2H3. The molecule has 0 radical (unpaired) electrons. The molecule has 2 aromatic heterocycles. The molecule has 0 saturated carbocycles. The Kier molecular flexibility index (Phi) is 5.93. The fraction of sp³-hybridized carbons (Fsp3) is 0.562. The van der Waals surface area contributed by atoms with Crippen LogP contribution in [-0.4, -0.2) is 51.9 Å². The maximum Gasteiger partial charge on any atom is 0.316 e. The third-order valence-corrected chi connectivity index (χ3v) is 6.57. The maximum atomic E-state index is 12.9. The summed E-state index contributed by atoms with van der Waals surface area (Å²) >= 11 is 3.28. The van der Waals surface area contributed by atoms with Crippen LogP contribution in [0.2, 0.25) is 0 Å². The van der Waals surface area contributed by atoms with Crippen LogP contribution in [0.3, 0.4) is 0 Å². The van der Waals surface area contributed by atoms with Gasteiger partial charge >= 0.3 is 6.01 Å². The van der Waals surface area contributed by atoms with Gasteiger partial charge in [0.2, 0.25) is 0 Å². The number of sulfonamides is 1. The zero-order valence-corrected chi connectivity index (χ0v) is 17.2. The van der Waals surface area contributed by atoms with Gasteiger partial charge in [0.1, 0.15) is 5.82 Å². The number of piperidine rings is 1. The molecule has 2 aromatic rings. The van der Waals surface area contributed by atoms with Crippen molar-refractivity contribution in [2.45, 2.75) is 38.3 Å². The highest BCUT2D eigenvalue weighted by molar-refractivity contribution is 9.10. The van der Waals surface area contributed by atoms with Crippen LogP contribution in [0.25, 0.3) is 0 Å². The van der Waals surface area contributed by atoms with Gasteiger partial charge in [-0.3, -0.25) is 0 Å². The lowest BCUT2D eigenvalue weighted by Crippen LogP contribution is -2.41. The van der Waals surface area contributed by atoms with Gasteiger partial charge in [-0.2, -0.15) is 4.31 Å². The van der Waals surface area contributed by atoms with Crippen LogP contribution in [0.15, 0.2) is 28.1 Å². The fourth-order valence-corrected chi connectivity index (χ4v) is 4.76. The predicted octanol–water partition coefficient (Wildman–Crippen LogP) is 2.24. The Morgan fingerprint density at radius 2 is 2.08 bits per heavy atom. The quantitative estimate of drug-likeness (QED) is 0.679. The molecule has 0 amide bonds. The highest BCUT2D eigenvalue weighted by Gasteiger charge is 2.32. The Hall–Kier alpha value is -1.52. The summed E-state index contributed by atoms with van der Waals surface area (Å²) in [6, 6.07) is 0.297. The van der Waals surface area contributed by atoms with Crippen molar-refractivity contribution in [2.24, 2.45) is 5.92 Å². The van der Waals surface area contributed by atoms with Crippen LogP contribution in [0.4, 0.5) is 0 Å². The zero-order chi connectivity index (χ0) is 18.7. The van der Waals surface area contributed by atoms with Gasteiger partial charge in [-0.1, -0.05) is 0 Å². The Balaban J connectivity index is 1.66. The number of ether oxygens (including phenoxy) is 1. The van der Waals surface area contributed by atoms with Crippen molar-refractivity contribution in [1.29, 1.82) is 0 Å². The summed E-state index contributed by atoms with van der Waals surface area (Å²) in [5, 5.41) is 0.120. The lowest BCUT2D eigenvalue weighted by atomic mass is 10.0. The molecule has 10 heteroatoms. The van der Waals surface area contributed by atoms with E-state index in [1.807, 2.05) is 18.4 Å². The van der Waals surface area contributed by atoms with Crippen LogP contribution in [0.5, 0.6) is 6.01 Å².